The Balaban J connectivity index is 1.17. The molecule has 0 aliphatic heterocycles. The molecular formula is C49H46N2S. The molecule has 3 aliphatic rings. The minimum absolute atomic E-state index is 0.426. The van der Waals surface area contributed by atoms with Gasteiger partial charge in [0.15, 0.2) is 0 Å². The van der Waals surface area contributed by atoms with Crippen LogP contribution in [-0.4, -0.2) is 10.3 Å². The maximum atomic E-state index is 2.70. The Kier molecular flexibility index (Phi) is 9.04. The SMILES string of the molecule is C1=CC(S(CCc2ccc(N(c3ccccc3)c3ccccc3)cc2)(c2ccccc2)c2cccc3c2c2c(n3C3C=CCCC3)CC=C2)=CCC1. The Bertz CT molecular complexity index is 2260. The minimum atomic E-state index is -1.63. The van der Waals surface area contributed by atoms with Crippen molar-refractivity contribution in [2.75, 3.05) is 10.7 Å². The normalized spacial score (nSPS) is 18.2. The van der Waals surface area contributed by atoms with Crippen LogP contribution in [0.1, 0.15) is 55.0 Å². The van der Waals surface area contributed by atoms with Gasteiger partial charge in [-0.15, -0.1) is 0 Å². The third kappa shape index (κ3) is 5.87. The summed E-state index contributed by atoms with van der Waals surface area (Å²) in [5.74, 6) is 1.06. The third-order valence-electron chi connectivity index (χ3n) is 11.1. The average molecular weight is 695 g/mol. The molecule has 5 aromatic carbocycles. The van der Waals surface area contributed by atoms with E-state index in [9.17, 15) is 0 Å². The molecule has 1 aromatic heterocycles. The van der Waals surface area contributed by atoms with Crippen LogP contribution < -0.4 is 4.90 Å². The van der Waals surface area contributed by atoms with E-state index < -0.39 is 10.0 Å². The highest BCUT2D eigenvalue weighted by Gasteiger charge is 2.36. The lowest BCUT2D eigenvalue weighted by Gasteiger charge is -2.44. The smallest absolute Gasteiger partial charge is 0.0519 e. The summed E-state index contributed by atoms with van der Waals surface area (Å²) in [5, 5.41) is 1.47. The van der Waals surface area contributed by atoms with Gasteiger partial charge < -0.3 is 9.47 Å². The van der Waals surface area contributed by atoms with Gasteiger partial charge in [-0.3, -0.25) is 0 Å². The summed E-state index contributed by atoms with van der Waals surface area (Å²) in [6, 6.07) is 49.9. The molecule has 6 aromatic rings. The maximum Gasteiger partial charge on any atom is 0.0519 e. The van der Waals surface area contributed by atoms with Crippen LogP contribution >= 0.6 is 10.0 Å². The van der Waals surface area contributed by atoms with Gasteiger partial charge in [0.2, 0.25) is 0 Å². The van der Waals surface area contributed by atoms with Gasteiger partial charge in [0.05, 0.1) is 11.6 Å². The number of hydrogen-bond acceptors (Lipinski definition) is 1. The second-order valence-corrected chi connectivity index (χ2v) is 17.4. The van der Waals surface area contributed by atoms with Crippen molar-refractivity contribution in [3.05, 3.63) is 192 Å². The fourth-order valence-corrected chi connectivity index (χ4v) is 12.9. The number of fused-ring (bicyclic) bond motifs is 3. The van der Waals surface area contributed by atoms with E-state index in [1.165, 1.54) is 67.4 Å². The lowest BCUT2D eigenvalue weighted by atomic mass is 10.0. The van der Waals surface area contributed by atoms with Crippen molar-refractivity contribution in [1.82, 2.24) is 4.57 Å². The fourth-order valence-electron chi connectivity index (χ4n) is 8.69. The standard InChI is InChI=1S/C49H46N2S/c1-6-18-39(19-7-1)50(40-20-8-2-9-21-40)42-34-32-38(33-35-42)36-37-52(43-24-12-4-13-25-43,44-26-14-5-15-27-44)48-31-17-30-47-49(48)45-28-16-29-46(45)51(47)41-22-10-3-11-23-41/h1-2,4,6-10,12-14,16-22,24-28,30-35,41H,3,5,11,15,23,29,36-37H2. The summed E-state index contributed by atoms with van der Waals surface area (Å²) >= 11 is 0. The highest BCUT2D eigenvalue weighted by molar-refractivity contribution is 8.37. The molecule has 9 rings (SSSR count). The van der Waals surface area contributed by atoms with E-state index in [1.54, 1.807) is 0 Å². The van der Waals surface area contributed by atoms with Crippen molar-refractivity contribution in [2.45, 2.75) is 60.8 Å². The highest BCUT2D eigenvalue weighted by atomic mass is 32.3. The molecule has 0 saturated heterocycles. The Morgan fingerprint density at radius 2 is 1.35 bits per heavy atom. The summed E-state index contributed by atoms with van der Waals surface area (Å²) in [5.41, 5.74) is 9.22. The molecule has 258 valence electrons. The largest absolute Gasteiger partial charge is 0.337 e. The summed E-state index contributed by atoms with van der Waals surface area (Å²) in [6.45, 7) is 0. The molecule has 0 bridgehead atoms. The van der Waals surface area contributed by atoms with Gasteiger partial charge in [0.1, 0.15) is 0 Å². The molecule has 3 aliphatic carbocycles. The lowest BCUT2D eigenvalue weighted by Crippen LogP contribution is -2.14. The van der Waals surface area contributed by atoms with E-state index in [4.69, 9.17) is 0 Å². The van der Waals surface area contributed by atoms with Crippen LogP contribution in [0.15, 0.2) is 185 Å². The third-order valence-corrected chi connectivity index (χ3v) is 15.2. The van der Waals surface area contributed by atoms with E-state index in [0.717, 1.165) is 42.8 Å². The molecule has 0 fully saturated rings. The van der Waals surface area contributed by atoms with Crippen LogP contribution in [0.4, 0.5) is 17.1 Å². The molecule has 0 radical (unpaired) electrons. The topological polar surface area (TPSA) is 8.17 Å². The number of anilines is 3. The molecule has 3 heteroatoms. The van der Waals surface area contributed by atoms with Gasteiger partial charge in [-0.25, -0.2) is 0 Å². The Hall–Kier alpha value is -5.25. The van der Waals surface area contributed by atoms with E-state index >= 15 is 0 Å². The molecule has 0 saturated carbocycles. The maximum absolute atomic E-state index is 2.70. The van der Waals surface area contributed by atoms with Crippen LogP contribution in [0.3, 0.4) is 0 Å². The highest BCUT2D eigenvalue weighted by Crippen LogP contribution is 2.71. The summed E-state index contributed by atoms with van der Waals surface area (Å²) in [7, 11) is -1.63. The Labute approximate surface area is 310 Å². The quantitative estimate of drug-likeness (QED) is 0.130. The van der Waals surface area contributed by atoms with E-state index in [2.05, 4.69) is 185 Å². The minimum Gasteiger partial charge on any atom is -0.337 e. The summed E-state index contributed by atoms with van der Waals surface area (Å²) in [4.78, 5) is 6.83. The van der Waals surface area contributed by atoms with Crippen LogP contribution in [0.2, 0.25) is 0 Å². The number of para-hydroxylation sites is 2. The van der Waals surface area contributed by atoms with Gasteiger partial charge >= 0.3 is 0 Å². The van der Waals surface area contributed by atoms with E-state index in [1.807, 2.05) is 0 Å². The van der Waals surface area contributed by atoms with Gasteiger partial charge in [0.25, 0.3) is 0 Å². The fraction of sp³-hybridized carbons (Fsp3) is 0.184. The van der Waals surface area contributed by atoms with Crippen molar-refractivity contribution in [3.63, 3.8) is 0 Å². The predicted octanol–water partition coefficient (Wildman–Crippen LogP) is 13.7. The second kappa shape index (κ2) is 14.4. The van der Waals surface area contributed by atoms with Crippen LogP contribution in [0, 0.1) is 0 Å². The van der Waals surface area contributed by atoms with Gasteiger partial charge in [0, 0.05) is 45.0 Å². The zero-order valence-corrected chi connectivity index (χ0v) is 30.6. The van der Waals surface area contributed by atoms with Gasteiger partial charge in [-0.1, -0.05) is 115 Å². The molecule has 2 nitrogen and oxygen atoms in total. The number of aromatic nitrogens is 1. The summed E-state index contributed by atoms with van der Waals surface area (Å²) < 4.78 is 2.70. The molecule has 0 spiro atoms. The molecule has 2 atom stereocenters. The van der Waals surface area contributed by atoms with Crippen LogP contribution in [0.25, 0.3) is 17.0 Å². The first kappa shape index (κ1) is 32.6. The van der Waals surface area contributed by atoms with Crippen molar-refractivity contribution in [1.29, 1.82) is 0 Å². The number of hydrogen-bond donors (Lipinski definition) is 0. The van der Waals surface area contributed by atoms with Gasteiger partial charge in [-0.05, 0) is 120 Å². The van der Waals surface area contributed by atoms with Crippen molar-refractivity contribution in [3.8, 4) is 0 Å². The molecule has 0 N–H and O–H groups in total. The summed E-state index contributed by atoms with van der Waals surface area (Å²) in [6.07, 6.45) is 25.0. The number of rotatable bonds is 10. The number of aryl methyl sites for hydroxylation is 1. The first-order valence-corrected chi connectivity index (χ1v) is 20.8. The Morgan fingerprint density at radius 3 is 2.02 bits per heavy atom. The first-order valence-electron chi connectivity index (χ1n) is 19.0. The number of benzene rings is 5. The first-order chi connectivity index (χ1) is 25.8. The molecule has 2 unspecified atom stereocenters. The number of allylic oxidation sites excluding steroid dienone is 6. The van der Waals surface area contributed by atoms with Crippen molar-refractivity contribution in [2.24, 2.45) is 0 Å². The monoisotopic (exact) mass is 694 g/mol. The molecular weight excluding hydrogens is 649 g/mol. The lowest BCUT2D eigenvalue weighted by molar-refractivity contribution is 0.520. The van der Waals surface area contributed by atoms with E-state index in [0.29, 0.717) is 6.04 Å². The average Bonchev–Trinajstić information content (AvgIpc) is 3.82. The zero-order valence-electron chi connectivity index (χ0n) is 29.8. The number of nitrogens with zero attached hydrogens (tertiary/aromatic N) is 2. The molecule has 0 amide bonds. The zero-order chi connectivity index (χ0) is 34.7. The van der Waals surface area contributed by atoms with Crippen molar-refractivity contribution >= 4 is 44.1 Å². The second-order valence-electron chi connectivity index (χ2n) is 14.2. The van der Waals surface area contributed by atoms with Crippen LogP contribution in [0.5, 0.6) is 0 Å². The molecule has 1 heterocycles. The van der Waals surface area contributed by atoms with E-state index in [-0.39, 0.29) is 0 Å². The Morgan fingerprint density at radius 1 is 0.635 bits per heavy atom. The predicted molar refractivity (Wildman–Crippen MR) is 223 cm³/mol. The molecule has 52 heavy (non-hydrogen) atoms. The van der Waals surface area contributed by atoms with Gasteiger partial charge in [-0.2, -0.15) is 10.0 Å². The van der Waals surface area contributed by atoms with Crippen LogP contribution in [-0.2, 0) is 12.8 Å². The van der Waals surface area contributed by atoms with Crippen molar-refractivity contribution < 1.29 is 0 Å².